The van der Waals surface area contributed by atoms with E-state index in [-0.39, 0.29) is 12.5 Å². The summed E-state index contributed by atoms with van der Waals surface area (Å²) in [5.41, 5.74) is 10.6. The number of rotatable bonds is 6. The van der Waals surface area contributed by atoms with Gasteiger partial charge in [0.1, 0.15) is 0 Å². The van der Waals surface area contributed by atoms with Crippen LogP contribution in [0, 0.1) is 0 Å². The maximum absolute atomic E-state index is 11.5. The van der Waals surface area contributed by atoms with E-state index in [1.54, 1.807) is 11.8 Å². The smallest absolute Gasteiger partial charge is 0.239 e. The molecule has 0 spiro atoms. The SMILES string of the molecule is CSCC[C@@H](N)C(=O)N(C)CC(N)=O. The molecule has 0 saturated heterocycles. The fourth-order valence-electron chi connectivity index (χ4n) is 0.963. The van der Waals surface area contributed by atoms with Crippen molar-refractivity contribution in [3.63, 3.8) is 0 Å². The largest absolute Gasteiger partial charge is 0.368 e. The first kappa shape index (κ1) is 13.2. The highest BCUT2D eigenvalue weighted by atomic mass is 32.2. The summed E-state index contributed by atoms with van der Waals surface area (Å²) in [5, 5.41) is 0. The maximum Gasteiger partial charge on any atom is 0.239 e. The molecule has 0 aromatic heterocycles. The number of thioether (sulfide) groups is 1. The molecule has 14 heavy (non-hydrogen) atoms. The Morgan fingerprint density at radius 2 is 2.07 bits per heavy atom. The first-order valence-corrected chi connectivity index (χ1v) is 5.66. The summed E-state index contributed by atoms with van der Waals surface area (Å²) in [4.78, 5) is 23.3. The van der Waals surface area contributed by atoms with Crippen molar-refractivity contribution in [2.45, 2.75) is 12.5 Å². The topological polar surface area (TPSA) is 89.4 Å². The van der Waals surface area contributed by atoms with Crippen LogP contribution in [0.4, 0.5) is 0 Å². The molecule has 4 N–H and O–H groups in total. The van der Waals surface area contributed by atoms with Crippen LogP contribution in [0.25, 0.3) is 0 Å². The zero-order chi connectivity index (χ0) is 11.1. The third kappa shape index (κ3) is 5.08. The zero-order valence-corrected chi connectivity index (χ0v) is 9.34. The number of amides is 2. The summed E-state index contributed by atoms with van der Waals surface area (Å²) < 4.78 is 0. The van der Waals surface area contributed by atoms with Crippen LogP contribution in [0.3, 0.4) is 0 Å². The number of hydrogen-bond donors (Lipinski definition) is 2. The standard InChI is InChI=1S/C8H17N3O2S/c1-11(5-7(10)12)8(13)6(9)3-4-14-2/h6H,3-5,9H2,1-2H3,(H2,10,12)/t6-/m1/s1. The molecule has 2 amide bonds. The summed E-state index contributed by atoms with van der Waals surface area (Å²) in [6.45, 7) is -0.0776. The molecule has 82 valence electrons. The zero-order valence-electron chi connectivity index (χ0n) is 8.53. The van der Waals surface area contributed by atoms with Crippen molar-refractivity contribution in [1.29, 1.82) is 0 Å². The molecule has 0 heterocycles. The second-order valence-corrected chi connectivity index (χ2v) is 4.03. The van der Waals surface area contributed by atoms with Gasteiger partial charge in [-0.3, -0.25) is 9.59 Å². The van der Waals surface area contributed by atoms with E-state index in [4.69, 9.17) is 11.5 Å². The quantitative estimate of drug-likeness (QED) is 0.600. The first-order valence-electron chi connectivity index (χ1n) is 4.26. The minimum atomic E-state index is -0.535. The van der Waals surface area contributed by atoms with E-state index in [0.29, 0.717) is 6.42 Å². The minimum absolute atomic E-state index is 0.0776. The Balaban J connectivity index is 3.97. The van der Waals surface area contributed by atoms with Crippen molar-refractivity contribution in [3.05, 3.63) is 0 Å². The van der Waals surface area contributed by atoms with Gasteiger partial charge in [0.05, 0.1) is 12.6 Å². The molecule has 6 heteroatoms. The normalized spacial score (nSPS) is 12.2. The second-order valence-electron chi connectivity index (χ2n) is 3.05. The van der Waals surface area contributed by atoms with Gasteiger partial charge < -0.3 is 16.4 Å². The number of likely N-dealkylation sites (N-methyl/N-ethyl adjacent to an activating group) is 1. The van der Waals surface area contributed by atoms with Crippen molar-refractivity contribution in [2.75, 3.05) is 25.6 Å². The molecule has 0 bridgehead atoms. The van der Waals surface area contributed by atoms with Crippen LogP contribution in [0.2, 0.25) is 0 Å². The first-order chi connectivity index (χ1) is 6.49. The van der Waals surface area contributed by atoms with Crippen molar-refractivity contribution in [2.24, 2.45) is 11.5 Å². The van der Waals surface area contributed by atoms with E-state index in [1.165, 1.54) is 11.9 Å². The summed E-state index contributed by atoms with van der Waals surface area (Å²) in [6, 6.07) is -0.535. The highest BCUT2D eigenvalue weighted by Crippen LogP contribution is 2.01. The van der Waals surface area contributed by atoms with Gasteiger partial charge in [-0.15, -0.1) is 0 Å². The van der Waals surface area contributed by atoms with Crippen LogP contribution < -0.4 is 11.5 Å². The molecule has 0 saturated carbocycles. The van der Waals surface area contributed by atoms with E-state index in [0.717, 1.165) is 5.75 Å². The Morgan fingerprint density at radius 3 is 2.50 bits per heavy atom. The molecule has 0 aliphatic carbocycles. The fourth-order valence-corrected chi connectivity index (χ4v) is 1.45. The lowest BCUT2D eigenvalue weighted by molar-refractivity contribution is -0.134. The molecule has 1 atom stereocenters. The van der Waals surface area contributed by atoms with Crippen LogP contribution >= 0.6 is 11.8 Å². The van der Waals surface area contributed by atoms with Gasteiger partial charge in [-0.1, -0.05) is 0 Å². The summed E-state index contributed by atoms with van der Waals surface area (Å²) in [5.74, 6) is 0.0629. The lowest BCUT2D eigenvalue weighted by Gasteiger charge is -2.19. The average Bonchev–Trinajstić information content (AvgIpc) is 2.11. The molecule has 0 aromatic rings. The Kier molecular flexibility index (Phi) is 6.31. The molecule has 0 radical (unpaired) electrons. The molecule has 0 aliphatic rings. The molecule has 0 unspecified atom stereocenters. The number of nitrogens with two attached hydrogens (primary N) is 2. The predicted octanol–water partition coefficient (Wildman–Crippen LogP) is -0.989. The summed E-state index contributed by atoms with van der Waals surface area (Å²) in [7, 11) is 1.52. The lowest BCUT2D eigenvalue weighted by Crippen LogP contribution is -2.45. The van der Waals surface area contributed by atoms with Gasteiger partial charge in [-0.05, 0) is 18.4 Å². The van der Waals surface area contributed by atoms with Gasteiger partial charge in [0.2, 0.25) is 11.8 Å². The van der Waals surface area contributed by atoms with Crippen LogP contribution in [0.5, 0.6) is 0 Å². The molecule has 0 rings (SSSR count). The van der Waals surface area contributed by atoms with Crippen molar-refractivity contribution >= 4 is 23.6 Å². The Hall–Kier alpha value is -0.750. The molecule has 0 fully saturated rings. The summed E-state index contributed by atoms with van der Waals surface area (Å²) in [6.07, 6.45) is 2.56. The average molecular weight is 219 g/mol. The third-order valence-electron chi connectivity index (χ3n) is 1.72. The van der Waals surface area contributed by atoms with Gasteiger partial charge in [-0.25, -0.2) is 0 Å². The number of hydrogen-bond acceptors (Lipinski definition) is 4. The van der Waals surface area contributed by atoms with Crippen molar-refractivity contribution < 1.29 is 9.59 Å². The predicted molar refractivity (Wildman–Crippen MR) is 57.8 cm³/mol. The number of carbonyl (C=O) groups excluding carboxylic acids is 2. The molecule has 0 aromatic carbocycles. The van der Waals surface area contributed by atoms with Gasteiger partial charge in [0.15, 0.2) is 0 Å². The van der Waals surface area contributed by atoms with Crippen molar-refractivity contribution in [1.82, 2.24) is 4.90 Å². The molecular weight excluding hydrogens is 202 g/mol. The van der Waals surface area contributed by atoms with Crippen molar-refractivity contribution in [3.8, 4) is 0 Å². The van der Waals surface area contributed by atoms with Gasteiger partial charge in [0, 0.05) is 7.05 Å². The van der Waals surface area contributed by atoms with E-state index < -0.39 is 11.9 Å². The monoisotopic (exact) mass is 219 g/mol. The fraction of sp³-hybridized carbons (Fsp3) is 0.750. The Morgan fingerprint density at radius 1 is 1.50 bits per heavy atom. The number of carbonyl (C=O) groups is 2. The van der Waals surface area contributed by atoms with E-state index in [1.807, 2.05) is 6.26 Å². The molecular formula is C8H17N3O2S. The maximum atomic E-state index is 11.5. The number of primary amides is 1. The summed E-state index contributed by atoms with van der Waals surface area (Å²) >= 11 is 1.63. The van der Waals surface area contributed by atoms with Gasteiger partial charge in [0.25, 0.3) is 0 Å². The van der Waals surface area contributed by atoms with Crippen LogP contribution in [-0.4, -0.2) is 48.4 Å². The van der Waals surface area contributed by atoms with Crippen LogP contribution in [-0.2, 0) is 9.59 Å². The highest BCUT2D eigenvalue weighted by molar-refractivity contribution is 7.98. The third-order valence-corrected chi connectivity index (χ3v) is 2.36. The molecule has 5 nitrogen and oxygen atoms in total. The lowest BCUT2D eigenvalue weighted by atomic mass is 10.2. The van der Waals surface area contributed by atoms with Gasteiger partial charge in [-0.2, -0.15) is 11.8 Å². The Labute approximate surface area is 88.2 Å². The number of nitrogens with zero attached hydrogens (tertiary/aromatic N) is 1. The minimum Gasteiger partial charge on any atom is -0.368 e. The van der Waals surface area contributed by atoms with E-state index in [9.17, 15) is 9.59 Å². The van der Waals surface area contributed by atoms with Gasteiger partial charge >= 0.3 is 0 Å². The van der Waals surface area contributed by atoms with E-state index >= 15 is 0 Å². The van der Waals surface area contributed by atoms with E-state index in [2.05, 4.69) is 0 Å². The molecule has 0 aliphatic heterocycles. The van der Waals surface area contributed by atoms with Crippen LogP contribution in [0.1, 0.15) is 6.42 Å². The highest BCUT2D eigenvalue weighted by Gasteiger charge is 2.18. The Bertz CT molecular complexity index is 211. The second kappa shape index (κ2) is 6.67. The van der Waals surface area contributed by atoms with Crippen LogP contribution in [0.15, 0.2) is 0 Å².